The van der Waals surface area contributed by atoms with Crippen molar-refractivity contribution in [3.05, 3.63) is 24.4 Å². The maximum atomic E-state index is 5.57. The number of fused-ring (bicyclic) bond motifs is 1. The second-order valence-corrected chi connectivity index (χ2v) is 3.80. The zero-order chi connectivity index (χ0) is 10.7. The standard InChI is InChI=1S/C10H15N5/c1-8(6-11)2-3-9-13-14-10-7-12-4-5-15(9)10/h4-5,7-8H,2-3,6,11H2,1H3. The van der Waals surface area contributed by atoms with Gasteiger partial charge in [0, 0.05) is 18.8 Å². The average Bonchev–Trinajstić information content (AvgIpc) is 2.69. The van der Waals surface area contributed by atoms with E-state index in [0.717, 1.165) is 30.9 Å². The van der Waals surface area contributed by atoms with Gasteiger partial charge < -0.3 is 5.73 Å². The molecule has 1 unspecified atom stereocenters. The predicted octanol–water partition coefficient (Wildman–Crippen LogP) is 0.652. The Morgan fingerprint density at radius 2 is 2.33 bits per heavy atom. The van der Waals surface area contributed by atoms with Crippen LogP contribution in [0.15, 0.2) is 18.6 Å². The van der Waals surface area contributed by atoms with Crippen LogP contribution in [-0.2, 0) is 6.42 Å². The van der Waals surface area contributed by atoms with Crippen LogP contribution in [0.2, 0.25) is 0 Å². The summed E-state index contributed by atoms with van der Waals surface area (Å²) in [4.78, 5) is 3.99. The van der Waals surface area contributed by atoms with E-state index in [1.807, 2.05) is 10.6 Å². The molecule has 1 atom stereocenters. The Balaban J connectivity index is 2.14. The molecule has 0 aliphatic carbocycles. The summed E-state index contributed by atoms with van der Waals surface area (Å²) in [7, 11) is 0. The minimum Gasteiger partial charge on any atom is -0.330 e. The van der Waals surface area contributed by atoms with E-state index in [0.29, 0.717) is 5.92 Å². The van der Waals surface area contributed by atoms with Gasteiger partial charge in [-0.2, -0.15) is 0 Å². The number of hydrogen-bond acceptors (Lipinski definition) is 4. The normalized spacial score (nSPS) is 13.2. The molecule has 5 nitrogen and oxygen atoms in total. The molecule has 15 heavy (non-hydrogen) atoms. The van der Waals surface area contributed by atoms with E-state index in [1.165, 1.54) is 0 Å². The fraction of sp³-hybridized carbons (Fsp3) is 0.500. The highest BCUT2D eigenvalue weighted by atomic mass is 15.2. The number of aryl methyl sites for hydroxylation is 1. The van der Waals surface area contributed by atoms with Crippen molar-refractivity contribution in [2.45, 2.75) is 19.8 Å². The quantitative estimate of drug-likeness (QED) is 0.795. The first kappa shape index (κ1) is 10.0. The van der Waals surface area contributed by atoms with Crippen LogP contribution in [0.4, 0.5) is 0 Å². The molecule has 2 N–H and O–H groups in total. The summed E-state index contributed by atoms with van der Waals surface area (Å²) < 4.78 is 1.97. The lowest BCUT2D eigenvalue weighted by Gasteiger charge is -2.06. The van der Waals surface area contributed by atoms with E-state index in [2.05, 4.69) is 22.1 Å². The molecule has 0 radical (unpaired) electrons. The minimum atomic E-state index is 0.527. The van der Waals surface area contributed by atoms with Gasteiger partial charge in [-0.05, 0) is 18.9 Å². The highest BCUT2D eigenvalue weighted by Crippen LogP contribution is 2.08. The molecular formula is C10H15N5. The van der Waals surface area contributed by atoms with Crippen molar-refractivity contribution in [2.24, 2.45) is 11.7 Å². The van der Waals surface area contributed by atoms with Crippen LogP contribution in [-0.4, -0.2) is 26.1 Å². The number of nitrogens with zero attached hydrogens (tertiary/aromatic N) is 4. The minimum absolute atomic E-state index is 0.527. The van der Waals surface area contributed by atoms with E-state index >= 15 is 0 Å². The zero-order valence-corrected chi connectivity index (χ0v) is 8.80. The van der Waals surface area contributed by atoms with Gasteiger partial charge in [0.25, 0.3) is 0 Å². The van der Waals surface area contributed by atoms with Crippen molar-refractivity contribution >= 4 is 5.65 Å². The molecule has 0 bridgehead atoms. The summed E-state index contributed by atoms with van der Waals surface area (Å²) in [5.74, 6) is 1.51. The zero-order valence-electron chi connectivity index (χ0n) is 8.80. The van der Waals surface area contributed by atoms with E-state index < -0.39 is 0 Å². The largest absolute Gasteiger partial charge is 0.330 e. The number of aromatic nitrogens is 4. The predicted molar refractivity (Wildman–Crippen MR) is 57.3 cm³/mol. The first-order chi connectivity index (χ1) is 7.31. The van der Waals surface area contributed by atoms with Gasteiger partial charge in [-0.1, -0.05) is 6.92 Å². The van der Waals surface area contributed by atoms with Gasteiger partial charge in [0.05, 0.1) is 6.20 Å². The summed E-state index contributed by atoms with van der Waals surface area (Å²) in [5.41, 5.74) is 6.37. The Morgan fingerprint density at radius 1 is 1.47 bits per heavy atom. The molecule has 0 spiro atoms. The Kier molecular flexibility index (Phi) is 2.91. The Morgan fingerprint density at radius 3 is 3.13 bits per heavy atom. The van der Waals surface area contributed by atoms with Gasteiger partial charge in [-0.3, -0.25) is 9.38 Å². The molecule has 2 heterocycles. The lowest BCUT2D eigenvalue weighted by Crippen LogP contribution is -2.12. The molecule has 0 aliphatic rings. The average molecular weight is 205 g/mol. The third kappa shape index (κ3) is 2.12. The van der Waals surface area contributed by atoms with E-state index in [4.69, 9.17) is 5.73 Å². The summed E-state index contributed by atoms with van der Waals surface area (Å²) in [5, 5.41) is 8.18. The lowest BCUT2D eigenvalue weighted by molar-refractivity contribution is 0.534. The van der Waals surface area contributed by atoms with Crippen LogP contribution in [0.25, 0.3) is 5.65 Å². The molecular weight excluding hydrogens is 190 g/mol. The van der Waals surface area contributed by atoms with Crippen molar-refractivity contribution in [1.29, 1.82) is 0 Å². The fourth-order valence-corrected chi connectivity index (χ4v) is 1.47. The van der Waals surface area contributed by atoms with Crippen LogP contribution >= 0.6 is 0 Å². The third-order valence-electron chi connectivity index (χ3n) is 2.55. The SMILES string of the molecule is CC(CN)CCc1nnc2cnccn12. The van der Waals surface area contributed by atoms with Crippen LogP contribution in [0, 0.1) is 5.92 Å². The molecule has 0 saturated heterocycles. The van der Waals surface area contributed by atoms with Gasteiger partial charge in [-0.15, -0.1) is 10.2 Å². The van der Waals surface area contributed by atoms with Crippen LogP contribution in [0.1, 0.15) is 19.2 Å². The first-order valence-electron chi connectivity index (χ1n) is 5.15. The van der Waals surface area contributed by atoms with Crippen molar-refractivity contribution < 1.29 is 0 Å². The van der Waals surface area contributed by atoms with Gasteiger partial charge in [0.1, 0.15) is 5.82 Å². The first-order valence-corrected chi connectivity index (χ1v) is 5.15. The van der Waals surface area contributed by atoms with E-state index in [9.17, 15) is 0 Å². The molecule has 0 aliphatic heterocycles. The van der Waals surface area contributed by atoms with Crippen LogP contribution < -0.4 is 5.73 Å². The lowest BCUT2D eigenvalue weighted by atomic mass is 10.1. The Labute approximate surface area is 88.3 Å². The number of nitrogens with two attached hydrogens (primary N) is 1. The van der Waals surface area contributed by atoms with Gasteiger partial charge in [0.2, 0.25) is 0 Å². The number of hydrogen-bond donors (Lipinski definition) is 1. The molecule has 2 aromatic heterocycles. The molecule has 0 saturated carbocycles. The summed E-state index contributed by atoms with van der Waals surface area (Å²) in [6, 6.07) is 0. The van der Waals surface area contributed by atoms with Crippen LogP contribution in [0.5, 0.6) is 0 Å². The smallest absolute Gasteiger partial charge is 0.179 e. The second-order valence-electron chi connectivity index (χ2n) is 3.80. The molecule has 0 aromatic carbocycles. The van der Waals surface area contributed by atoms with Gasteiger partial charge in [-0.25, -0.2) is 0 Å². The number of rotatable bonds is 4. The van der Waals surface area contributed by atoms with Gasteiger partial charge in [0.15, 0.2) is 5.65 Å². The molecule has 0 fully saturated rings. The monoisotopic (exact) mass is 205 g/mol. The molecule has 80 valence electrons. The van der Waals surface area contributed by atoms with Crippen molar-refractivity contribution in [3.8, 4) is 0 Å². The highest BCUT2D eigenvalue weighted by Gasteiger charge is 2.06. The second kappa shape index (κ2) is 4.35. The Hall–Kier alpha value is -1.49. The summed E-state index contributed by atoms with van der Waals surface area (Å²) in [6.07, 6.45) is 7.29. The van der Waals surface area contributed by atoms with Crippen molar-refractivity contribution in [2.75, 3.05) is 6.54 Å². The molecule has 5 heteroatoms. The molecule has 2 aromatic rings. The van der Waals surface area contributed by atoms with Crippen LogP contribution in [0.3, 0.4) is 0 Å². The molecule has 0 amide bonds. The van der Waals surface area contributed by atoms with E-state index in [1.54, 1.807) is 12.4 Å². The van der Waals surface area contributed by atoms with E-state index in [-0.39, 0.29) is 0 Å². The Bertz CT molecular complexity index is 436. The molecule has 2 rings (SSSR count). The van der Waals surface area contributed by atoms with Gasteiger partial charge >= 0.3 is 0 Å². The summed E-state index contributed by atoms with van der Waals surface area (Å²) in [6.45, 7) is 2.86. The fourth-order valence-electron chi connectivity index (χ4n) is 1.47. The summed E-state index contributed by atoms with van der Waals surface area (Å²) >= 11 is 0. The maximum Gasteiger partial charge on any atom is 0.179 e. The third-order valence-corrected chi connectivity index (χ3v) is 2.55. The van der Waals surface area contributed by atoms with Crippen molar-refractivity contribution in [1.82, 2.24) is 19.6 Å². The highest BCUT2D eigenvalue weighted by molar-refractivity contribution is 5.33. The topological polar surface area (TPSA) is 69.1 Å². The maximum absolute atomic E-state index is 5.57. The van der Waals surface area contributed by atoms with Crippen molar-refractivity contribution in [3.63, 3.8) is 0 Å².